The van der Waals surface area contributed by atoms with Crippen LogP contribution in [0.5, 0.6) is 0 Å². The summed E-state index contributed by atoms with van der Waals surface area (Å²) in [5, 5.41) is 11.4. The van der Waals surface area contributed by atoms with Crippen LogP contribution in [0.2, 0.25) is 0 Å². The van der Waals surface area contributed by atoms with Crippen molar-refractivity contribution in [2.24, 2.45) is 4.99 Å². The predicted molar refractivity (Wildman–Crippen MR) is 95.8 cm³/mol. The van der Waals surface area contributed by atoms with Gasteiger partial charge in [-0.05, 0) is 20.3 Å². The number of ether oxygens (including phenoxy) is 2. The number of rotatable bonds is 5. The lowest BCUT2D eigenvalue weighted by Crippen LogP contribution is -2.48. The first-order valence-electron chi connectivity index (χ1n) is 9.22. The van der Waals surface area contributed by atoms with Crippen LogP contribution in [0.15, 0.2) is 4.99 Å². The Balaban J connectivity index is 1.62. The Hall–Kier alpha value is -1.67. The van der Waals surface area contributed by atoms with E-state index in [-0.39, 0.29) is 5.60 Å². The summed E-state index contributed by atoms with van der Waals surface area (Å²) in [6.07, 6.45) is 3.75. The molecule has 1 saturated heterocycles. The molecule has 25 heavy (non-hydrogen) atoms. The van der Waals surface area contributed by atoms with E-state index in [4.69, 9.17) is 14.5 Å². The molecule has 2 aliphatic heterocycles. The zero-order valence-electron chi connectivity index (χ0n) is 15.5. The van der Waals surface area contributed by atoms with Gasteiger partial charge in [0, 0.05) is 52.2 Å². The molecule has 0 aromatic carbocycles. The quantitative estimate of drug-likeness (QED) is 0.599. The van der Waals surface area contributed by atoms with Crippen molar-refractivity contribution in [3.8, 4) is 0 Å². The van der Waals surface area contributed by atoms with Crippen LogP contribution in [0.3, 0.4) is 0 Å². The van der Waals surface area contributed by atoms with E-state index in [1.54, 1.807) is 7.11 Å². The predicted octanol–water partition coefficient (Wildman–Crippen LogP) is 0.652. The van der Waals surface area contributed by atoms with Gasteiger partial charge in [-0.15, -0.1) is 0 Å². The molecule has 0 aliphatic carbocycles. The highest BCUT2D eigenvalue weighted by molar-refractivity contribution is 5.80. The minimum Gasteiger partial charge on any atom is -0.381 e. The van der Waals surface area contributed by atoms with Gasteiger partial charge in [0.15, 0.2) is 5.96 Å². The molecule has 8 heteroatoms. The SMILES string of the molecule is CCNC(=NCC1(OC)CCOCC1)NC1CCc2nc(C)nn2C1. The molecule has 0 saturated carbocycles. The van der Waals surface area contributed by atoms with Crippen molar-refractivity contribution >= 4 is 5.96 Å². The second-order valence-corrected chi connectivity index (χ2v) is 6.83. The summed E-state index contributed by atoms with van der Waals surface area (Å²) in [7, 11) is 1.77. The molecule has 0 amide bonds. The summed E-state index contributed by atoms with van der Waals surface area (Å²) in [5.41, 5.74) is -0.205. The third-order valence-corrected chi connectivity index (χ3v) is 5.01. The van der Waals surface area contributed by atoms with E-state index in [2.05, 4.69) is 27.6 Å². The summed E-state index contributed by atoms with van der Waals surface area (Å²) >= 11 is 0. The molecule has 2 aliphatic rings. The second kappa shape index (κ2) is 8.14. The van der Waals surface area contributed by atoms with Crippen LogP contribution in [0, 0.1) is 6.92 Å². The van der Waals surface area contributed by atoms with Crippen molar-refractivity contribution in [2.45, 2.75) is 57.7 Å². The molecule has 8 nitrogen and oxygen atoms in total. The lowest BCUT2D eigenvalue weighted by atomic mass is 9.94. The first-order valence-corrected chi connectivity index (χ1v) is 9.22. The molecule has 2 N–H and O–H groups in total. The molecule has 1 aromatic rings. The van der Waals surface area contributed by atoms with Gasteiger partial charge in [0.25, 0.3) is 0 Å². The van der Waals surface area contributed by atoms with Crippen molar-refractivity contribution in [3.05, 3.63) is 11.6 Å². The van der Waals surface area contributed by atoms with Crippen LogP contribution in [0.4, 0.5) is 0 Å². The van der Waals surface area contributed by atoms with E-state index >= 15 is 0 Å². The Morgan fingerprint density at radius 2 is 2.24 bits per heavy atom. The Morgan fingerprint density at radius 3 is 2.96 bits per heavy atom. The average Bonchev–Trinajstić information content (AvgIpc) is 3.00. The van der Waals surface area contributed by atoms with Gasteiger partial charge in [-0.25, -0.2) is 9.67 Å². The van der Waals surface area contributed by atoms with Crippen LogP contribution in [0.25, 0.3) is 0 Å². The van der Waals surface area contributed by atoms with E-state index in [1.165, 1.54) is 0 Å². The first-order chi connectivity index (χ1) is 12.1. The molecule has 3 rings (SSSR count). The Kier molecular flexibility index (Phi) is 5.90. The maximum atomic E-state index is 5.78. The van der Waals surface area contributed by atoms with Crippen molar-refractivity contribution in [2.75, 3.05) is 33.4 Å². The van der Waals surface area contributed by atoms with Crippen LogP contribution in [-0.4, -0.2) is 65.8 Å². The molecule has 1 unspecified atom stereocenters. The topological polar surface area (TPSA) is 85.6 Å². The first kappa shape index (κ1) is 18.1. The maximum Gasteiger partial charge on any atom is 0.191 e. The third kappa shape index (κ3) is 4.49. The average molecular weight is 350 g/mol. The highest BCUT2D eigenvalue weighted by Crippen LogP contribution is 2.24. The van der Waals surface area contributed by atoms with Gasteiger partial charge in [0.2, 0.25) is 0 Å². The maximum absolute atomic E-state index is 5.78. The number of fused-ring (bicyclic) bond motifs is 1. The van der Waals surface area contributed by atoms with Crippen molar-refractivity contribution in [1.29, 1.82) is 0 Å². The highest BCUT2D eigenvalue weighted by Gasteiger charge is 2.32. The fraction of sp³-hybridized carbons (Fsp3) is 0.824. The number of nitrogens with zero attached hydrogens (tertiary/aromatic N) is 4. The third-order valence-electron chi connectivity index (χ3n) is 5.01. The lowest BCUT2D eigenvalue weighted by molar-refractivity contribution is -0.0828. The van der Waals surface area contributed by atoms with Gasteiger partial charge in [-0.3, -0.25) is 4.99 Å². The van der Waals surface area contributed by atoms with Crippen LogP contribution < -0.4 is 10.6 Å². The number of hydrogen-bond donors (Lipinski definition) is 2. The van der Waals surface area contributed by atoms with E-state index < -0.39 is 0 Å². The summed E-state index contributed by atoms with van der Waals surface area (Å²) in [6, 6.07) is 0.305. The largest absolute Gasteiger partial charge is 0.381 e. The minimum atomic E-state index is -0.205. The van der Waals surface area contributed by atoms with Crippen LogP contribution >= 0.6 is 0 Å². The van der Waals surface area contributed by atoms with Gasteiger partial charge in [-0.1, -0.05) is 0 Å². The minimum absolute atomic E-state index is 0.205. The fourth-order valence-corrected chi connectivity index (χ4v) is 3.46. The number of aryl methyl sites for hydroxylation is 2. The molecule has 0 spiro atoms. The zero-order valence-corrected chi connectivity index (χ0v) is 15.5. The van der Waals surface area contributed by atoms with E-state index in [9.17, 15) is 0 Å². The van der Waals surface area contributed by atoms with E-state index in [1.807, 2.05) is 11.6 Å². The normalized spacial score (nSPS) is 23.2. The fourth-order valence-electron chi connectivity index (χ4n) is 3.46. The lowest BCUT2D eigenvalue weighted by Gasteiger charge is -2.35. The highest BCUT2D eigenvalue weighted by atomic mass is 16.5. The van der Waals surface area contributed by atoms with Crippen molar-refractivity contribution in [3.63, 3.8) is 0 Å². The number of guanidine groups is 1. The van der Waals surface area contributed by atoms with Gasteiger partial charge in [0.05, 0.1) is 18.7 Å². The molecule has 3 heterocycles. The zero-order chi connectivity index (χ0) is 17.7. The molecular formula is C17H30N6O2. The van der Waals surface area contributed by atoms with Crippen molar-refractivity contribution < 1.29 is 9.47 Å². The van der Waals surface area contributed by atoms with Crippen LogP contribution in [0.1, 0.15) is 37.8 Å². The Labute approximate surface area is 149 Å². The molecule has 0 bridgehead atoms. The molecule has 1 aromatic heterocycles. The van der Waals surface area contributed by atoms with Gasteiger partial charge in [-0.2, -0.15) is 5.10 Å². The van der Waals surface area contributed by atoms with E-state index in [0.29, 0.717) is 12.6 Å². The number of hydrogen-bond acceptors (Lipinski definition) is 5. The van der Waals surface area contributed by atoms with E-state index in [0.717, 1.165) is 69.6 Å². The summed E-state index contributed by atoms with van der Waals surface area (Å²) < 4.78 is 13.3. The van der Waals surface area contributed by atoms with Gasteiger partial charge < -0.3 is 20.1 Å². The molecule has 1 atom stereocenters. The Morgan fingerprint density at radius 1 is 1.44 bits per heavy atom. The van der Waals surface area contributed by atoms with Gasteiger partial charge in [0.1, 0.15) is 11.6 Å². The summed E-state index contributed by atoms with van der Waals surface area (Å²) in [5.74, 6) is 2.77. The number of aliphatic imine (C=N–C) groups is 1. The summed E-state index contributed by atoms with van der Waals surface area (Å²) in [6.45, 7) is 7.80. The molecule has 1 fully saturated rings. The summed E-state index contributed by atoms with van der Waals surface area (Å²) in [4.78, 5) is 9.27. The number of methoxy groups -OCH3 is 1. The van der Waals surface area contributed by atoms with Crippen LogP contribution in [-0.2, 0) is 22.4 Å². The number of aromatic nitrogens is 3. The Bertz CT molecular complexity index is 594. The monoisotopic (exact) mass is 350 g/mol. The second-order valence-electron chi connectivity index (χ2n) is 6.83. The smallest absolute Gasteiger partial charge is 0.191 e. The number of nitrogens with one attached hydrogen (secondary N) is 2. The van der Waals surface area contributed by atoms with Crippen molar-refractivity contribution in [1.82, 2.24) is 25.4 Å². The molecular weight excluding hydrogens is 320 g/mol. The standard InChI is InChI=1S/C17H30N6O2/c1-4-18-16(19-12-17(24-3)7-9-25-10-8-17)21-14-5-6-15-20-13(2)22-23(15)11-14/h14H,4-12H2,1-3H3,(H2,18,19,21). The van der Waals surface area contributed by atoms with Gasteiger partial charge >= 0.3 is 0 Å². The molecule has 0 radical (unpaired) electrons. The molecule has 140 valence electrons.